The third kappa shape index (κ3) is 3.59. The van der Waals surface area contributed by atoms with E-state index in [4.69, 9.17) is 4.74 Å². The molecule has 0 spiro atoms. The molecule has 0 saturated heterocycles. The van der Waals surface area contributed by atoms with E-state index in [-0.39, 0.29) is 35.0 Å². The highest BCUT2D eigenvalue weighted by Crippen LogP contribution is 2.29. The van der Waals surface area contributed by atoms with E-state index in [0.717, 1.165) is 3.97 Å². The Balaban J connectivity index is 1.49. The Bertz CT molecular complexity index is 1190. The zero-order chi connectivity index (χ0) is 20.4. The van der Waals surface area contributed by atoms with Crippen LogP contribution in [0.1, 0.15) is 20.8 Å². The Hall–Kier alpha value is -3.59. The summed E-state index contributed by atoms with van der Waals surface area (Å²) in [5, 5.41) is 5.27. The largest absolute Gasteiger partial charge is 0.492 e. The molecule has 0 aliphatic carbocycles. The number of carbonyl (C=O) groups excluding carboxylic acids is 2. The molecule has 2 N–H and O–H groups in total. The van der Waals surface area contributed by atoms with Crippen molar-refractivity contribution in [1.82, 2.24) is 9.29 Å². The number of aromatic nitrogens is 1. The number of para-hydroxylation sites is 1. The Kier molecular flexibility index (Phi) is 4.81. The standard InChI is InChI=1S/C20H17N3O5S/c24-19(21-10-12-28-15-5-2-1-3-6-15)14-8-9-18-16(13-14)22-20(25)17-7-4-11-23(17)29(18,26)27/h1-9,11,13H,10,12H2,(H,21,24)(H,22,25). The number of nitrogens with one attached hydrogen (secondary N) is 2. The predicted octanol–water partition coefficient (Wildman–Crippen LogP) is 2.10. The van der Waals surface area contributed by atoms with E-state index >= 15 is 0 Å². The van der Waals surface area contributed by atoms with Crippen molar-refractivity contribution in [3.8, 4) is 5.75 Å². The minimum absolute atomic E-state index is 0.00487. The molecule has 0 saturated carbocycles. The second kappa shape index (κ2) is 7.44. The normalized spacial score (nSPS) is 14.1. The third-order valence-corrected chi connectivity index (χ3v) is 6.12. The number of ether oxygens (including phenoxy) is 1. The third-order valence-electron chi connectivity index (χ3n) is 4.37. The first-order valence-corrected chi connectivity index (χ1v) is 10.3. The Morgan fingerprint density at radius 1 is 1.07 bits per heavy atom. The van der Waals surface area contributed by atoms with Gasteiger partial charge >= 0.3 is 0 Å². The molecular formula is C20H17N3O5S. The number of rotatable bonds is 5. The number of nitrogens with zero attached hydrogens (tertiary/aromatic N) is 1. The number of carbonyl (C=O) groups is 2. The van der Waals surface area contributed by atoms with Gasteiger partial charge in [-0.25, -0.2) is 12.4 Å². The van der Waals surface area contributed by atoms with Gasteiger partial charge in [0.15, 0.2) is 0 Å². The van der Waals surface area contributed by atoms with Gasteiger partial charge in [0.2, 0.25) is 0 Å². The monoisotopic (exact) mass is 411 g/mol. The predicted molar refractivity (Wildman–Crippen MR) is 106 cm³/mol. The van der Waals surface area contributed by atoms with Crippen molar-refractivity contribution in [2.24, 2.45) is 0 Å². The second-order valence-corrected chi connectivity index (χ2v) is 8.06. The SMILES string of the molecule is O=C(NCCOc1ccccc1)c1ccc2c(c1)NC(=O)c1cccn1S2(=O)=O. The molecule has 148 valence electrons. The highest BCUT2D eigenvalue weighted by molar-refractivity contribution is 7.90. The maximum atomic E-state index is 12.8. The maximum Gasteiger partial charge on any atom is 0.273 e. The smallest absolute Gasteiger partial charge is 0.273 e. The van der Waals surface area contributed by atoms with E-state index in [1.54, 1.807) is 0 Å². The lowest BCUT2D eigenvalue weighted by Crippen LogP contribution is -2.28. The van der Waals surface area contributed by atoms with Gasteiger partial charge in [0.25, 0.3) is 21.8 Å². The summed E-state index contributed by atoms with van der Waals surface area (Å²) in [6, 6.07) is 16.2. The average molecular weight is 411 g/mol. The maximum absolute atomic E-state index is 12.8. The molecule has 2 amide bonds. The summed E-state index contributed by atoms with van der Waals surface area (Å²) >= 11 is 0. The Morgan fingerprint density at radius 2 is 1.86 bits per heavy atom. The van der Waals surface area contributed by atoms with Crippen LogP contribution in [0.4, 0.5) is 5.69 Å². The number of benzene rings is 2. The molecule has 4 rings (SSSR count). The van der Waals surface area contributed by atoms with Crippen LogP contribution in [0.15, 0.2) is 71.8 Å². The number of fused-ring (bicyclic) bond motifs is 2. The summed E-state index contributed by atoms with van der Waals surface area (Å²) in [5.41, 5.74) is 0.294. The van der Waals surface area contributed by atoms with Gasteiger partial charge in [-0.05, 0) is 42.5 Å². The Labute approximate surface area is 167 Å². The van der Waals surface area contributed by atoms with Gasteiger partial charge in [0.1, 0.15) is 22.9 Å². The van der Waals surface area contributed by atoms with E-state index in [9.17, 15) is 18.0 Å². The van der Waals surface area contributed by atoms with Crippen LogP contribution in [0, 0.1) is 0 Å². The van der Waals surface area contributed by atoms with Crippen LogP contribution in [0.5, 0.6) is 5.75 Å². The molecule has 9 heteroatoms. The molecule has 2 aromatic carbocycles. The van der Waals surface area contributed by atoms with E-state index in [1.165, 1.54) is 36.5 Å². The van der Waals surface area contributed by atoms with Crippen molar-refractivity contribution >= 4 is 27.5 Å². The lowest BCUT2D eigenvalue weighted by Gasteiger charge is -2.11. The fourth-order valence-corrected chi connectivity index (χ4v) is 4.46. The molecule has 0 bridgehead atoms. The first kappa shape index (κ1) is 18.8. The van der Waals surface area contributed by atoms with Gasteiger partial charge in [-0.2, -0.15) is 0 Å². The van der Waals surface area contributed by atoms with E-state index in [0.29, 0.717) is 5.75 Å². The summed E-state index contributed by atoms with van der Waals surface area (Å²) in [5.74, 6) is -0.269. The van der Waals surface area contributed by atoms with Crippen molar-refractivity contribution in [3.05, 3.63) is 78.1 Å². The number of anilines is 1. The summed E-state index contributed by atoms with van der Waals surface area (Å²) in [6.07, 6.45) is 1.31. The lowest BCUT2D eigenvalue weighted by molar-refractivity contribution is 0.0945. The van der Waals surface area contributed by atoms with Crippen molar-refractivity contribution in [3.63, 3.8) is 0 Å². The summed E-state index contributed by atoms with van der Waals surface area (Å²) in [7, 11) is -3.94. The molecule has 29 heavy (non-hydrogen) atoms. The molecule has 1 aromatic heterocycles. The summed E-state index contributed by atoms with van der Waals surface area (Å²) in [4.78, 5) is 24.7. The highest BCUT2D eigenvalue weighted by Gasteiger charge is 2.30. The molecule has 1 aliphatic rings. The molecule has 3 aromatic rings. The number of hydrogen-bond donors (Lipinski definition) is 2. The molecular weight excluding hydrogens is 394 g/mol. The van der Waals surface area contributed by atoms with E-state index < -0.39 is 21.8 Å². The first-order chi connectivity index (χ1) is 14.0. The van der Waals surface area contributed by atoms with Crippen LogP contribution in [0.3, 0.4) is 0 Å². The number of hydrogen-bond acceptors (Lipinski definition) is 5. The number of amides is 2. The minimum atomic E-state index is -3.94. The summed E-state index contributed by atoms with van der Waals surface area (Å²) in [6.45, 7) is 0.544. The van der Waals surface area contributed by atoms with Crippen LogP contribution in [0.2, 0.25) is 0 Å². The zero-order valence-electron chi connectivity index (χ0n) is 15.2. The van der Waals surface area contributed by atoms with Crippen LogP contribution < -0.4 is 15.4 Å². The Morgan fingerprint density at radius 3 is 2.66 bits per heavy atom. The van der Waals surface area contributed by atoms with Crippen LogP contribution in [-0.4, -0.2) is 37.4 Å². The van der Waals surface area contributed by atoms with Crippen molar-refractivity contribution < 1.29 is 22.7 Å². The topological polar surface area (TPSA) is 106 Å². The van der Waals surface area contributed by atoms with E-state index in [2.05, 4.69) is 10.6 Å². The molecule has 0 unspecified atom stereocenters. The van der Waals surface area contributed by atoms with E-state index in [1.807, 2.05) is 30.3 Å². The van der Waals surface area contributed by atoms with Gasteiger partial charge in [-0.3, -0.25) is 9.59 Å². The fourth-order valence-electron chi connectivity index (χ4n) is 2.99. The van der Waals surface area contributed by atoms with Gasteiger partial charge in [-0.15, -0.1) is 0 Å². The molecule has 0 radical (unpaired) electrons. The minimum Gasteiger partial charge on any atom is -0.492 e. The van der Waals surface area contributed by atoms with Crippen molar-refractivity contribution in [2.75, 3.05) is 18.5 Å². The average Bonchev–Trinajstić information content (AvgIpc) is 3.20. The molecule has 2 heterocycles. The fraction of sp³-hybridized carbons (Fsp3) is 0.100. The molecule has 8 nitrogen and oxygen atoms in total. The molecule has 0 fully saturated rings. The second-order valence-electron chi connectivity index (χ2n) is 6.28. The van der Waals surface area contributed by atoms with Gasteiger partial charge in [-0.1, -0.05) is 18.2 Å². The van der Waals surface area contributed by atoms with Crippen LogP contribution in [-0.2, 0) is 10.0 Å². The van der Waals surface area contributed by atoms with Crippen LogP contribution in [0.25, 0.3) is 0 Å². The lowest BCUT2D eigenvalue weighted by atomic mass is 10.2. The molecule has 1 aliphatic heterocycles. The molecule has 0 atom stereocenters. The highest BCUT2D eigenvalue weighted by atomic mass is 32.2. The van der Waals surface area contributed by atoms with Crippen molar-refractivity contribution in [2.45, 2.75) is 4.90 Å². The van der Waals surface area contributed by atoms with Gasteiger partial charge < -0.3 is 15.4 Å². The van der Waals surface area contributed by atoms with Crippen LogP contribution >= 0.6 is 0 Å². The quantitative estimate of drug-likeness (QED) is 0.626. The van der Waals surface area contributed by atoms with Gasteiger partial charge in [0, 0.05) is 11.8 Å². The van der Waals surface area contributed by atoms with Gasteiger partial charge in [0.05, 0.1) is 12.2 Å². The zero-order valence-corrected chi connectivity index (χ0v) is 16.0. The summed E-state index contributed by atoms with van der Waals surface area (Å²) < 4.78 is 32.0. The first-order valence-electron chi connectivity index (χ1n) is 8.81. The van der Waals surface area contributed by atoms with Crippen molar-refractivity contribution in [1.29, 1.82) is 0 Å².